The maximum absolute atomic E-state index is 12.1. The molecule has 1 heterocycles. The van der Waals surface area contributed by atoms with Crippen molar-refractivity contribution in [2.75, 3.05) is 5.73 Å². The van der Waals surface area contributed by atoms with Crippen molar-refractivity contribution < 1.29 is 4.79 Å². The first-order chi connectivity index (χ1) is 8.54. The van der Waals surface area contributed by atoms with Crippen LogP contribution >= 0.6 is 31.9 Å². The largest absolute Gasteiger partial charge is 0.399 e. The molecule has 2 aromatic rings. The molecule has 2 rings (SSSR count). The van der Waals surface area contributed by atoms with Gasteiger partial charge in [-0.3, -0.25) is 9.78 Å². The molecular weight excluding hydrogens is 360 g/mol. The van der Waals surface area contributed by atoms with E-state index in [9.17, 15) is 4.79 Å². The number of halogens is 2. The summed E-state index contributed by atoms with van der Waals surface area (Å²) in [4.78, 5) is 16.1. The van der Waals surface area contributed by atoms with E-state index in [1.165, 1.54) is 0 Å². The molecule has 0 saturated carbocycles. The molecule has 2 N–H and O–H groups in total. The summed E-state index contributed by atoms with van der Waals surface area (Å²) in [6.07, 6.45) is 3.68. The molecule has 0 radical (unpaired) electrons. The van der Waals surface area contributed by atoms with E-state index in [1.54, 1.807) is 30.6 Å². The Kier molecular flexibility index (Phi) is 4.14. The topological polar surface area (TPSA) is 56.0 Å². The Morgan fingerprint density at radius 1 is 1.11 bits per heavy atom. The average molecular weight is 370 g/mol. The minimum absolute atomic E-state index is 0.0166. The van der Waals surface area contributed by atoms with Crippen molar-refractivity contribution in [2.45, 2.75) is 6.42 Å². The smallest absolute Gasteiger partial charge is 0.167 e. The number of nitrogen functional groups attached to an aromatic ring is 1. The lowest BCUT2D eigenvalue weighted by molar-refractivity contribution is 0.0993. The molecule has 0 saturated heterocycles. The molecule has 1 aromatic carbocycles. The zero-order valence-electron chi connectivity index (χ0n) is 9.36. The lowest BCUT2D eigenvalue weighted by atomic mass is 10.0. The summed E-state index contributed by atoms with van der Waals surface area (Å²) in [6.45, 7) is 0. The normalized spacial score (nSPS) is 10.3. The molecular formula is C13H10Br2N2O. The van der Waals surface area contributed by atoms with Gasteiger partial charge < -0.3 is 5.73 Å². The van der Waals surface area contributed by atoms with Gasteiger partial charge in [-0.05, 0) is 45.8 Å². The summed E-state index contributed by atoms with van der Waals surface area (Å²) in [6, 6.07) is 7.09. The zero-order valence-corrected chi connectivity index (χ0v) is 12.5. The van der Waals surface area contributed by atoms with Crippen molar-refractivity contribution in [3.8, 4) is 0 Å². The molecule has 0 aliphatic heterocycles. The number of ketones is 1. The highest BCUT2D eigenvalue weighted by molar-refractivity contribution is 9.10. The monoisotopic (exact) mass is 368 g/mol. The van der Waals surface area contributed by atoms with Crippen LogP contribution in [0.2, 0.25) is 0 Å². The second kappa shape index (κ2) is 5.63. The lowest BCUT2D eigenvalue weighted by Gasteiger charge is -2.04. The molecule has 0 atom stereocenters. The fraction of sp³-hybridized carbons (Fsp3) is 0.0769. The molecule has 0 unspecified atom stereocenters. The number of carbonyl (C=O) groups excluding carboxylic acids is 1. The summed E-state index contributed by atoms with van der Waals surface area (Å²) >= 11 is 6.66. The van der Waals surface area contributed by atoms with E-state index < -0.39 is 0 Å². The first-order valence-electron chi connectivity index (χ1n) is 5.23. The second-order valence-electron chi connectivity index (χ2n) is 3.88. The van der Waals surface area contributed by atoms with E-state index in [0.29, 0.717) is 17.7 Å². The van der Waals surface area contributed by atoms with Crippen LogP contribution in [0.15, 0.2) is 45.6 Å². The van der Waals surface area contributed by atoms with Gasteiger partial charge in [0, 0.05) is 39.0 Å². The molecule has 3 nitrogen and oxygen atoms in total. The van der Waals surface area contributed by atoms with Gasteiger partial charge in [0.05, 0.1) is 0 Å². The molecule has 18 heavy (non-hydrogen) atoms. The Hall–Kier alpha value is -1.20. The van der Waals surface area contributed by atoms with E-state index in [0.717, 1.165) is 14.5 Å². The first kappa shape index (κ1) is 13.2. The molecule has 0 aliphatic carbocycles. The number of nitrogens with two attached hydrogens (primary N) is 1. The minimum atomic E-state index is 0.0166. The average Bonchev–Trinajstić information content (AvgIpc) is 2.27. The maximum atomic E-state index is 12.1. The van der Waals surface area contributed by atoms with E-state index in [-0.39, 0.29) is 5.78 Å². The van der Waals surface area contributed by atoms with Crippen molar-refractivity contribution >= 4 is 43.3 Å². The third-order valence-corrected chi connectivity index (χ3v) is 3.26. The molecule has 0 aliphatic rings. The number of rotatable bonds is 3. The number of benzene rings is 1. The minimum Gasteiger partial charge on any atom is -0.399 e. The quantitative estimate of drug-likeness (QED) is 0.664. The Morgan fingerprint density at radius 2 is 1.89 bits per heavy atom. The number of hydrogen-bond acceptors (Lipinski definition) is 3. The molecule has 1 aromatic heterocycles. The van der Waals surface area contributed by atoms with Crippen LogP contribution in [-0.2, 0) is 6.42 Å². The molecule has 0 spiro atoms. The van der Waals surface area contributed by atoms with E-state index in [1.807, 2.05) is 6.07 Å². The fourth-order valence-corrected chi connectivity index (χ4v) is 2.54. The molecule has 0 fully saturated rings. The van der Waals surface area contributed by atoms with Gasteiger partial charge in [-0.25, -0.2) is 0 Å². The van der Waals surface area contributed by atoms with Gasteiger partial charge in [0.1, 0.15) is 0 Å². The lowest BCUT2D eigenvalue weighted by Crippen LogP contribution is -2.04. The van der Waals surface area contributed by atoms with Gasteiger partial charge in [-0.2, -0.15) is 0 Å². The maximum Gasteiger partial charge on any atom is 0.167 e. The van der Waals surface area contributed by atoms with Crippen LogP contribution in [0.5, 0.6) is 0 Å². The first-order valence-corrected chi connectivity index (χ1v) is 6.82. The van der Waals surface area contributed by atoms with E-state index >= 15 is 0 Å². The number of carbonyl (C=O) groups is 1. The molecule has 92 valence electrons. The van der Waals surface area contributed by atoms with Crippen LogP contribution in [0.25, 0.3) is 0 Å². The Labute approximate surface area is 122 Å². The number of nitrogens with zero attached hydrogens (tertiary/aromatic N) is 1. The standard InChI is InChI=1S/C13H10Br2N2O/c14-10-3-9(4-12(16)5-10)13(18)2-8-1-11(15)7-17-6-8/h1,3-7H,2,16H2. The van der Waals surface area contributed by atoms with Crippen molar-refractivity contribution in [1.82, 2.24) is 4.98 Å². The number of anilines is 1. The van der Waals surface area contributed by atoms with Gasteiger partial charge in [0.2, 0.25) is 0 Å². The highest BCUT2D eigenvalue weighted by Crippen LogP contribution is 2.19. The second-order valence-corrected chi connectivity index (χ2v) is 5.72. The van der Waals surface area contributed by atoms with E-state index in [4.69, 9.17) is 5.73 Å². The third-order valence-electron chi connectivity index (χ3n) is 2.37. The predicted octanol–water partition coefficient (Wildman–Crippen LogP) is 3.61. The van der Waals surface area contributed by atoms with Crippen LogP contribution in [0.4, 0.5) is 5.69 Å². The SMILES string of the molecule is Nc1cc(Br)cc(C(=O)Cc2cncc(Br)c2)c1. The van der Waals surface area contributed by atoms with Crippen LogP contribution in [0.1, 0.15) is 15.9 Å². The van der Waals surface area contributed by atoms with Gasteiger partial charge in [0.15, 0.2) is 5.78 Å². The number of aromatic nitrogens is 1. The Morgan fingerprint density at radius 3 is 2.56 bits per heavy atom. The third kappa shape index (κ3) is 3.40. The summed E-state index contributed by atoms with van der Waals surface area (Å²) < 4.78 is 1.67. The van der Waals surface area contributed by atoms with Crippen LogP contribution in [0.3, 0.4) is 0 Å². The summed E-state index contributed by atoms with van der Waals surface area (Å²) in [5.41, 5.74) is 7.75. The van der Waals surface area contributed by atoms with Crippen LogP contribution in [-0.4, -0.2) is 10.8 Å². The summed E-state index contributed by atoms with van der Waals surface area (Å²) in [5.74, 6) is 0.0166. The Bertz CT molecular complexity index is 579. The van der Waals surface area contributed by atoms with Gasteiger partial charge in [0.25, 0.3) is 0 Å². The van der Waals surface area contributed by atoms with Crippen molar-refractivity contribution in [3.63, 3.8) is 0 Å². The summed E-state index contributed by atoms with van der Waals surface area (Å²) in [5, 5.41) is 0. The highest BCUT2D eigenvalue weighted by Gasteiger charge is 2.09. The van der Waals surface area contributed by atoms with Crippen molar-refractivity contribution in [3.05, 3.63) is 56.7 Å². The summed E-state index contributed by atoms with van der Waals surface area (Å²) in [7, 11) is 0. The molecule has 0 amide bonds. The highest BCUT2D eigenvalue weighted by atomic mass is 79.9. The van der Waals surface area contributed by atoms with Crippen molar-refractivity contribution in [2.24, 2.45) is 0 Å². The van der Waals surface area contributed by atoms with E-state index in [2.05, 4.69) is 36.8 Å². The molecule has 5 heteroatoms. The van der Waals surface area contributed by atoms with Crippen LogP contribution < -0.4 is 5.73 Å². The van der Waals surface area contributed by atoms with Gasteiger partial charge in [-0.15, -0.1) is 0 Å². The fourth-order valence-electron chi connectivity index (χ4n) is 1.61. The zero-order chi connectivity index (χ0) is 13.1. The predicted molar refractivity (Wildman–Crippen MR) is 78.5 cm³/mol. The Balaban J connectivity index is 2.22. The van der Waals surface area contributed by atoms with Crippen LogP contribution in [0, 0.1) is 0 Å². The molecule has 0 bridgehead atoms. The van der Waals surface area contributed by atoms with Gasteiger partial charge in [-0.1, -0.05) is 15.9 Å². The van der Waals surface area contributed by atoms with Gasteiger partial charge >= 0.3 is 0 Å². The number of hydrogen-bond donors (Lipinski definition) is 1. The number of Topliss-reactive ketones (excluding diaryl/α,β-unsaturated/α-hetero) is 1. The number of pyridine rings is 1. The van der Waals surface area contributed by atoms with Crippen molar-refractivity contribution in [1.29, 1.82) is 0 Å².